The third-order valence-electron chi connectivity index (χ3n) is 4.83. The number of aliphatic imine (C=N–C) groups is 1. The monoisotopic (exact) mass is 425 g/mol. The molecule has 0 spiro atoms. The second kappa shape index (κ2) is 9.27. The summed E-state index contributed by atoms with van der Waals surface area (Å²) in [7, 11) is 1.84. The number of ether oxygens (including phenoxy) is 2. The highest BCUT2D eigenvalue weighted by atomic mass is 127. The number of nitrogens with one attached hydrogen (secondary N) is 2. The van der Waals surface area contributed by atoms with Gasteiger partial charge in [0.25, 0.3) is 0 Å². The average molecular weight is 425 g/mol. The second-order valence-corrected chi connectivity index (χ2v) is 6.59. The van der Waals surface area contributed by atoms with E-state index in [2.05, 4.69) is 29.5 Å². The third kappa shape index (κ3) is 4.47. The van der Waals surface area contributed by atoms with E-state index in [4.69, 9.17) is 9.47 Å². The Labute approximate surface area is 152 Å². The molecule has 2 fully saturated rings. The molecule has 1 aliphatic heterocycles. The summed E-state index contributed by atoms with van der Waals surface area (Å²) in [6, 6.07) is 0.458. The summed E-state index contributed by atoms with van der Waals surface area (Å²) in [6.45, 7) is 10.1. The second-order valence-electron chi connectivity index (χ2n) is 6.59. The lowest BCUT2D eigenvalue weighted by atomic mass is 9.57. The highest BCUT2D eigenvalue weighted by Crippen LogP contribution is 2.51. The number of hydrogen-bond acceptors (Lipinski definition) is 3. The molecule has 2 aliphatic rings. The quantitative estimate of drug-likeness (QED) is 0.285. The molecule has 2 N–H and O–H groups in total. The zero-order valence-corrected chi connectivity index (χ0v) is 16.7. The first-order valence-corrected chi connectivity index (χ1v) is 8.27. The number of hydrogen-bond donors (Lipinski definition) is 2. The van der Waals surface area contributed by atoms with E-state index in [9.17, 15) is 0 Å². The van der Waals surface area contributed by atoms with Gasteiger partial charge in [-0.25, -0.2) is 0 Å². The molecule has 2 rings (SSSR count). The van der Waals surface area contributed by atoms with Crippen LogP contribution in [0.5, 0.6) is 0 Å². The smallest absolute Gasteiger partial charge is 0.191 e. The first-order valence-electron chi connectivity index (χ1n) is 8.27. The predicted octanol–water partition coefficient (Wildman–Crippen LogP) is 2.40. The van der Waals surface area contributed by atoms with Crippen LogP contribution in [0.25, 0.3) is 0 Å². The van der Waals surface area contributed by atoms with E-state index in [1.165, 1.54) is 0 Å². The maximum atomic E-state index is 5.83. The van der Waals surface area contributed by atoms with E-state index < -0.39 is 0 Å². The van der Waals surface area contributed by atoms with Gasteiger partial charge >= 0.3 is 0 Å². The van der Waals surface area contributed by atoms with Crippen molar-refractivity contribution < 1.29 is 9.47 Å². The maximum Gasteiger partial charge on any atom is 0.191 e. The molecule has 1 saturated heterocycles. The maximum absolute atomic E-state index is 5.83. The van der Waals surface area contributed by atoms with Crippen molar-refractivity contribution >= 4 is 29.9 Å². The van der Waals surface area contributed by atoms with Gasteiger partial charge in [0.05, 0.1) is 6.10 Å². The van der Waals surface area contributed by atoms with E-state index in [0.29, 0.717) is 18.1 Å². The van der Waals surface area contributed by atoms with Gasteiger partial charge in [0, 0.05) is 50.8 Å². The Morgan fingerprint density at radius 1 is 1.36 bits per heavy atom. The van der Waals surface area contributed by atoms with Crippen LogP contribution in [0.15, 0.2) is 4.99 Å². The molecule has 1 aliphatic carbocycles. The van der Waals surface area contributed by atoms with Crippen LogP contribution in [-0.4, -0.2) is 51.5 Å². The van der Waals surface area contributed by atoms with Gasteiger partial charge in [-0.15, -0.1) is 24.0 Å². The van der Waals surface area contributed by atoms with Gasteiger partial charge < -0.3 is 20.1 Å². The molecule has 0 aromatic rings. The molecule has 5 nitrogen and oxygen atoms in total. The van der Waals surface area contributed by atoms with Crippen LogP contribution >= 0.6 is 24.0 Å². The van der Waals surface area contributed by atoms with Gasteiger partial charge in [-0.3, -0.25) is 4.99 Å². The first-order chi connectivity index (χ1) is 10.1. The minimum absolute atomic E-state index is 0. The summed E-state index contributed by atoms with van der Waals surface area (Å²) in [5, 5.41) is 7.00. The molecular formula is C16H32IN3O2. The molecule has 0 aromatic carbocycles. The Bertz CT molecular complexity index is 363. The van der Waals surface area contributed by atoms with Crippen molar-refractivity contribution in [2.75, 3.05) is 33.4 Å². The minimum atomic E-state index is 0. The Balaban J connectivity index is 0.00000242. The van der Waals surface area contributed by atoms with Crippen molar-refractivity contribution in [3.63, 3.8) is 0 Å². The molecule has 130 valence electrons. The van der Waals surface area contributed by atoms with Crippen LogP contribution in [0.2, 0.25) is 0 Å². The number of unbranched alkanes of at least 4 members (excludes halogenated alkanes) is 1. The van der Waals surface area contributed by atoms with Gasteiger partial charge in [0.2, 0.25) is 0 Å². The molecule has 0 bridgehead atoms. The van der Waals surface area contributed by atoms with E-state index in [1.807, 2.05) is 14.0 Å². The van der Waals surface area contributed by atoms with Crippen LogP contribution in [0, 0.1) is 11.3 Å². The molecule has 1 heterocycles. The van der Waals surface area contributed by atoms with E-state index in [1.54, 1.807) is 0 Å². The Morgan fingerprint density at radius 2 is 2.14 bits per heavy atom. The van der Waals surface area contributed by atoms with E-state index in [-0.39, 0.29) is 29.4 Å². The normalized spacial score (nSPS) is 29.3. The van der Waals surface area contributed by atoms with Crippen molar-refractivity contribution in [2.45, 2.75) is 52.2 Å². The highest BCUT2D eigenvalue weighted by molar-refractivity contribution is 14.0. The van der Waals surface area contributed by atoms with Crippen molar-refractivity contribution in [3.05, 3.63) is 0 Å². The lowest BCUT2D eigenvalue weighted by Crippen LogP contribution is -2.67. The van der Waals surface area contributed by atoms with Gasteiger partial charge in [0.15, 0.2) is 5.96 Å². The summed E-state index contributed by atoms with van der Waals surface area (Å²) in [5.41, 5.74) is 0.188. The molecule has 0 radical (unpaired) electrons. The van der Waals surface area contributed by atoms with Gasteiger partial charge in [-0.1, -0.05) is 13.8 Å². The van der Waals surface area contributed by atoms with E-state index in [0.717, 1.165) is 51.6 Å². The fraction of sp³-hybridized carbons (Fsp3) is 0.938. The summed E-state index contributed by atoms with van der Waals surface area (Å²) in [6.07, 6.45) is 3.77. The van der Waals surface area contributed by atoms with Crippen LogP contribution in [0.4, 0.5) is 0 Å². The lowest BCUT2D eigenvalue weighted by molar-refractivity contribution is -0.106. The van der Waals surface area contributed by atoms with Crippen molar-refractivity contribution in [3.8, 4) is 0 Å². The summed E-state index contributed by atoms with van der Waals surface area (Å²) in [5.74, 6) is 1.55. The molecule has 6 heteroatoms. The molecular weight excluding hydrogens is 393 g/mol. The SMILES string of the molecule is CCOCCCCNC(=NC)NC1C2CCOC2C1(C)C.I. The standard InChI is InChI=1S/C16H31N3O2.HI/c1-5-20-10-7-6-9-18-15(17-4)19-13-12-8-11-21-14(12)16(13,2)3;/h12-14H,5-11H2,1-4H3,(H2,17,18,19);1H. The number of fused-ring (bicyclic) bond motifs is 1. The summed E-state index contributed by atoms with van der Waals surface area (Å²) < 4.78 is 11.2. The third-order valence-corrected chi connectivity index (χ3v) is 4.83. The summed E-state index contributed by atoms with van der Waals surface area (Å²) >= 11 is 0. The lowest BCUT2D eigenvalue weighted by Gasteiger charge is -2.54. The molecule has 0 amide bonds. The molecule has 3 unspecified atom stereocenters. The predicted molar refractivity (Wildman–Crippen MR) is 101 cm³/mol. The van der Waals surface area contributed by atoms with Gasteiger partial charge in [0.1, 0.15) is 0 Å². The average Bonchev–Trinajstić information content (AvgIpc) is 2.92. The Morgan fingerprint density at radius 3 is 2.82 bits per heavy atom. The largest absolute Gasteiger partial charge is 0.382 e. The molecule has 1 saturated carbocycles. The number of halogens is 1. The van der Waals surface area contributed by atoms with Crippen LogP contribution in [0.3, 0.4) is 0 Å². The Kier molecular flexibility index (Phi) is 8.42. The Hall–Kier alpha value is -0.0800. The van der Waals surface area contributed by atoms with Crippen LogP contribution in [0.1, 0.15) is 40.0 Å². The molecule has 3 atom stereocenters. The fourth-order valence-electron chi connectivity index (χ4n) is 3.64. The fourth-order valence-corrected chi connectivity index (χ4v) is 3.64. The van der Waals surface area contributed by atoms with Crippen molar-refractivity contribution in [1.82, 2.24) is 10.6 Å². The van der Waals surface area contributed by atoms with Gasteiger partial charge in [-0.05, 0) is 26.2 Å². The first kappa shape index (κ1) is 20.0. The summed E-state index contributed by atoms with van der Waals surface area (Å²) in [4.78, 5) is 4.35. The van der Waals surface area contributed by atoms with Crippen molar-refractivity contribution in [2.24, 2.45) is 16.3 Å². The number of guanidine groups is 1. The van der Waals surface area contributed by atoms with Crippen LogP contribution < -0.4 is 10.6 Å². The number of nitrogens with zero attached hydrogens (tertiary/aromatic N) is 1. The van der Waals surface area contributed by atoms with Gasteiger partial charge in [-0.2, -0.15) is 0 Å². The molecule has 0 aromatic heterocycles. The number of rotatable bonds is 7. The van der Waals surface area contributed by atoms with Crippen molar-refractivity contribution in [1.29, 1.82) is 0 Å². The molecule has 22 heavy (non-hydrogen) atoms. The highest BCUT2D eigenvalue weighted by Gasteiger charge is 2.59. The topological polar surface area (TPSA) is 54.9 Å². The zero-order chi connectivity index (χ0) is 15.3. The van der Waals surface area contributed by atoms with Crippen LogP contribution in [-0.2, 0) is 9.47 Å². The zero-order valence-electron chi connectivity index (χ0n) is 14.4. The van der Waals surface area contributed by atoms with E-state index >= 15 is 0 Å². The minimum Gasteiger partial charge on any atom is -0.382 e.